The highest BCUT2D eigenvalue weighted by atomic mass is 32.2. The van der Waals surface area contributed by atoms with Crippen LogP contribution in [0.4, 0.5) is 4.39 Å². The van der Waals surface area contributed by atoms with Crippen molar-refractivity contribution in [2.75, 3.05) is 6.54 Å². The van der Waals surface area contributed by atoms with Crippen LogP contribution in [-0.4, -0.2) is 15.9 Å². The van der Waals surface area contributed by atoms with Crippen molar-refractivity contribution in [3.8, 4) is 0 Å². The van der Waals surface area contributed by atoms with Crippen molar-refractivity contribution in [3.05, 3.63) is 35.4 Å². The summed E-state index contributed by atoms with van der Waals surface area (Å²) >= 11 is 2.79. The molecule has 0 amide bonds. The molecular weight excluding hydrogens is 281 g/mol. The van der Waals surface area contributed by atoms with Crippen LogP contribution in [-0.2, 0) is 6.54 Å². The first-order chi connectivity index (χ1) is 9.17. The van der Waals surface area contributed by atoms with E-state index in [1.54, 1.807) is 6.07 Å². The first-order valence-electron chi connectivity index (χ1n) is 6.15. The van der Waals surface area contributed by atoms with Crippen molar-refractivity contribution >= 4 is 23.3 Å². The molecule has 0 bridgehead atoms. The molecule has 0 saturated heterocycles. The second kappa shape index (κ2) is 6.98. The van der Waals surface area contributed by atoms with E-state index in [9.17, 15) is 4.39 Å². The van der Waals surface area contributed by atoms with Crippen LogP contribution in [0.5, 0.6) is 0 Å². The van der Waals surface area contributed by atoms with Crippen LogP contribution in [0.25, 0.3) is 0 Å². The molecule has 0 spiro atoms. The Morgan fingerprint density at radius 1 is 1.37 bits per heavy atom. The molecule has 2 rings (SSSR count). The highest BCUT2D eigenvalue weighted by molar-refractivity contribution is 8.01. The minimum absolute atomic E-state index is 0.209. The molecule has 6 heteroatoms. The SMILES string of the molecule is CCCNCc1cc(F)cc(Sc2nc(C)ns2)c1. The lowest BCUT2D eigenvalue weighted by Crippen LogP contribution is -2.13. The monoisotopic (exact) mass is 297 g/mol. The van der Waals surface area contributed by atoms with E-state index in [4.69, 9.17) is 0 Å². The molecular formula is C13H16FN3S2. The molecule has 0 aliphatic carbocycles. The van der Waals surface area contributed by atoms with Gasteiger partial charge in [0, 0.05) is 11.4 Å². The maximum absolute atomic E-state index is 13.6. The van der Waals surface area contributed by atoms with Crippen LogP contribution in [0, 0.1) is 12.7 Å². The van der Waals surface area contributed by atoms with Gasteiger partial charge in [0.2, 0.25) is 0 Å². The lowest BCUT2D eigenvalue weighted by molar-refractivity contribution is 0.615. The molecule has 0 saturated carbocycles. The fraction of sp³-hybridized carbons (Fsp3) is 0.385. The van der Waals surface area contributed by atoms with Gasteiger partial charge in [-0.15, -0.1) is 0 Å². The highest BCUT2D eigenvalue weighted by Crippen LogP contribution is 2.30. The molecule has 0 radical (unpaired) electrons. The third-order valence-corrected chi connectivity index (χ3v) is 4.21. The summed E-state index contributed by atoms with van der Waals surface area (Å²) in [5.41, 5.74) is 0.956. The number of halogens is 1. The van der Waals surface area contributed by atoms with Gasteiger partial charge in [0.1, 0.15) is 11.6 Å². The number of aromatic nitrogens is 2. The van der Waals surface area contributed by atoms with E-state index in [-0.39, 0.29) is 5.82 Å². The zero-order chi connectivity index (χ0) is 13.7. The van der Waals surface area contributed by atoms with Crippen LogP contribution in [0.2, 0.25) is 0 Å². The lowest BCUT2D eigenvalue weighted by Gasteiger charge is -2.06. The molecule has 0 aliphatic rings. The van der Waals surface area contributed by atoms with Gasteiger partial charge in [0.25, 0.3) is 0 Å². The average Bonchev–Trinajstić information content (AvgIpc) is 2.74. The summed E-state index contributed by atoms with van der Waals surface area (Å²) in [5.74, 6) is 0.549. The van der Waals surface area contributed by atoms with Gasteiger partial charge < -0.3 is 5.32 Å². The number of nitrogens with zero attached hydrogens (tertiary/aromatic N) is 2. The van der Waals surface area contributed by atoms with Gasteiger partial charge in [0.05, 0.1) is 0 Å². The lowest BCUT2D eigenvalue weighted by atomic mass is 10.2. The molecule has 0 fully saturated rings. The van der Waals surface area contributed by atoms with E-state index in [0.29, 0.717) is 6.54 Å². The smallest absolute Gasteiger partial charge is 0.174 e. The number of rotatable bonds is 6. The molecule has 1 aromatic heterocycles. The topological polar surface area (TPSA) is 37.8 Å². The first kappa shape index (κ1) is 14.4. The summed E-state index contributed by atoms with van der Waals surface area (Å²) in [4.78, 5) is 5.14. The maximum atomic E-state index is 13.6. The van der Waals surface area contributed by atoms with Crippen LogP contribution in [0.1, 0.15) is 24.7 Å². The number of aryl methyl sites for hydroxylation is 1. The average molecular weight is 297 g/mol. The Kier molecular flexibility index (Phi) is 5.30. The van der Waals surface area contributed by atoms with Crippen molar-refractivity contribution in [2.45, 2.75) is 36.0 Å². The van der Waals surface area contributed by atoms with E-state index in [1.165, 1.54) is 29.4 Å². The van der Waals surface area contributed by atoms with Gasteiger partial charge in [-0.25, -0.2) is 9.37 Å². The molecule has 1 heterocycles. The van der Waals surface area contributed by atoms with Gasteiger partial charge in [-0.05, 0) is 55.2 Å². The normalized spacial score (nSPS) is 10.9. The number of hydrogen-bond donors (Lipinski definition) is 1. The second-order valence-corrected chi connectivity index (χ2v) is 6.25. The van der Waals surface area contributed by atoms with Crippen molar-refractivity contribution in [1.82, 2.24) is 14.7 Å². The minimum Gasteiger partial charge on any atom is -0.313 e. The molecule has 0 unspecified atom stereocenters. The Balaban J connectivity index is 2.07. The summed E-state index contributed by atoms with van der Waals surface area (Å²) in [6, 6.07) is 5.09. The van der Waals surface area contributed by atoms with Gasteiger partial charge in [-0.3, -0.25) is 0 Å². The van der Waals surface area contributed by atoms with Crippen molar-refractivity contribution < 1.29 is 4.39 Å². The van der Waals surface area contributed by atoms with E-state index in [2.05, 4.69) is 21.6 Å². The summed E-state index contributed by atoms with van der Waals surface area (Å²) in [6.07, 6.45) is 1.07. The molecule has 0 aliphatic heterocycles. The summed E-state index contributed by atoms with van der Waals surface area (Å²) < 4.78 is 18.5. The summed E-state index contributed by atoms with van der Waals surface area (Å²) in [5, 5.41) is 3.27. The molecule has 2 aromatic rings. The van der Waals surface area contributed by atoms with Crippen molar-refractivity contribution in [3.63, 3.8) is 0 Å². The van der Waals surface area contributed by atoms with Gasteiger partial charge in [-0.1, -0.05) is 18.7 Å². The third kappa shape index (κ3) is 4.56. The molecule has 1 aromatic carbocycles. The third-order valence-electron chi connectivity index (χ3n) is 2.40. The number of nitrogens with one attached hydrogen (secondary N) is 1. The first-order valence-corrected chi connectivity index (χ1v) is 7.74. The minimum atomic E-state index is -0.209. The predicted octanol–water partition coefficient (Wildman–Crippen LogP) is 3.64. The summed E-state index contributed by atoms with van der Waals surface area (Å²) in [6.45, 7) is 5.59. The van der Waals surface area contributed by atoms with Gasteiger partial charge >= 0.3 is 0 Å². The highest BCUT2D eigenvalue weighted by Gasteiger charge is 2.06. The molecule has 3 nitrogen and oxygen atoms in total. The zero-order valence-electron chi connectivity index (χ0n) is 10.9. The largest absolute Gasteiger partial charge is 0.313 e. The quantitative estimate of drug-likeness (QED) is 0.826. The second-order valence-electron chi connectivity index (χ2n) is 4.18. The standard InChI is InChI=1S/C13H16FN3S2/c1-3-4-15-8-10-5-11(14)7-12(6-10)18-13-16-9(2)17-19-13/h5-7,15H,3-4,8H2,1-2H3. The van der Waals surface area contributed by atoms with E-state index < -0.39 is 0 Å². The predicted molar refractivity (Wildman–Crippen MR) is 77.2 cm³/mol. The van der Waals surface area contributed by atoms with Crippen LogP contribution < -0.4 is 5.32 Å². The summed E-state index contributed by atoms with van der Waals surface area (Å²) in [7, 11) is 0. The Hall–Kier alpha value is -0.980. The van der Waals surface area contributed by atoms with E-state index in [0.717, 1.165) is 33.6 Å². The molecule has 1 N–H and O–H groups in total. The Morgan fingerprint density at radius 3 is 2.89 bits per heavy atom. The fourth-order valence-corrected chi connectivity index (χ4v) is 3.35. The van der Waals surface area contributed by atoms with E-state index in [1.807, 2.05) is 13.0 Å². The fourth-order valence-electron chi connectivity index (χ4n) is 1.61. The molecule has 19 heavy (non-hydrogen) atoms. The van der Waals surface area contributed by atoms with Crippen molar-refractivity contribution in [2.24, 2.45) is 0 Å². The molecule has 102 valence electrons. The Morgan fingerprint density at radius 2 is 2.21 bits per heavy atom. The number of benzene rings is 1. The van der Waals surface area contributed by atoms with E-state index >= 15 is 0 Å². The van der Waals surface area contributed by atoms with Crippen LogP contribution >= 0.6 is 23.3 Å². The van der Waals surface area contributed by atoms with Gasteiger partial charge in [0.15, 0.2) is 4.34 Å². The number of hydrogen-bond acceptors (Lipinski definition) is 5. The Labute approximate surface area is 120 Å². The van der Waals surface area contributed by atoms with Gasteiger partial charge in [-0.2, -0.15) is 4.37 Å². The maximum Gasteiger partial charge on any atom is 0.174 e. The van der Waals surface area contributed by atoms with Crippen LogP contribution in [0.15, 0.2) is 27.4 Å². The Bertz CT molecular complexity index is 542. The zero-order valence-corrected chi connectivity index (χ0v) is 12.6. The van der Waals surface area contributed by atoms with Crippen LogP contribution in [0.3, 0.4) is 0 Å². The van der Waals surface area contributed by atoms with Crippen molar-refractivity contribution in [1.29, 1.82) is 0 Å². The molecule has 0 atom stereocenters.